The predicted molar refractivity (Wildman–Crippen MR) is 112 cm³/mol. The van der Waals surface area contributed by atoms with E-state index in [1.165, 1.54) is 11.3 Å². The van der Waals surface area contributed by atoms with Crippen LogP contribution in [0.1, 0.15) is 38.5 Å². The van der Waals surface area contributed by atoms with E-state index in [0.29, 0.717) is 24.8 Å². The van der Waals surface area contributed by atoms with Gasteiger partial charge in [-0.2, -0.15) is 0 Å². The molecule has 1 fully saturated rings. The predicted octanol–water partition coefficient (Wildman–Crippen LogP) is 3.97. The molecule has 0 radical (unpaired) electrons. The second-order valence-corrected chi connectivity index (χ2v) is 7.90. The van der Waals surface area contributed by atoms with Gasteiger partial charge in [0.2, 0.25) is 11.8 Å². The number of carbonyl (C=O) groups excluding carboxylic acids is 2. The van der Waals surface area contributed by atoms with Gasteiger partial charge in [0.25, 0.3) is 0 Å². The highest BCUT2D eigenvalue weighted by Gasteiger charge is 2.33. The third kappa shape index (κ3) is 4.52. The molecule has 7 heteroatoms. The first-order valence-electron chi connectivity index (χ1n) is 9.87. The molecule has 150 valence electrons. The van der Waals surface area contributed by atoms with Gasteiger partial charge in [-0.25, -0.2) is 4.98 Å². The molecule has 2 heterocycles. The Morgan fingerprint density at radius 1 is 1.29 bits per heavy atom. The van der Waals surface area contributed by atoms with E-state index in [1.807, 2.05) is 38.1 Å². The number of thiazole rings is 1. The number of anilines is 1. The fourth-order valence-electron chi connectivity index (χ4n) is 3.36. The number of aromatic nitrogens is 1. The van der Waals surface area contributed by atoms with Gasteiger partial charge in [-0.1, -0.05) is 13.3 Å². The summed E-state index contributed by atoms with van der Waals surface area (Å²) in [5, 5.41) is 3.53. The summed E-state index contributed by atoms with van der Waals surface area (Å²) in [6, 6.07) is 7.88. The molecule has 0 aliphatic carbocycles. The van der Waals surface area contributed by atoms with Crippen molar-refractivity contribution >= 4 is 28.3 Å². The number of nitrogens with zero attached hydrogens (tertiary/aromatic N) is 2. The fourth-order valence-corrected chi connectivity index (χ4v) is 4.45. The summed E-state index contributed by atoms with van der Waals surface area (Å²) in [5.41, 5.74) is 1.92. The lowest BCUT2D eigenvalue weighted by Gasteiger charge is -2.12. The SMILES string of the molecule is CCCc1sc(NC(=O)C2CC(=O)N(CC)C2)nc1-c1ccc(OCC)cc1. The van der Waals surface area contributed by atoms with Crippen molar-refractivity contribution in [3.63, 3.8) is 0 Å². The van der Waals surface area contributed by atoms with Gasteiger partial charge >= 0.3 is 0 Å². The second-order valence-electron chi connectivity index (χ2n) is 6.82. The molecule has 2 amide bonds. The van der Waals surface area contributed by atoms with Gasteiger partial charge in [0.15, 0.2) is 5.13 Å². The number of carbonyl (C=O) groups is 2. The lowest BCUT2D eigenvalue weighted by atomic mass is 10.1. The third-order valence-corrected chi connectivity index (χ3v) is 5.84. The minimum Gasteiger partial charge on any atom is -0.494 e. The molecule has 1 unspecified atom stereocenters. The second kappa shape index (κ2) is 9.19. The van der Waals surface area contributed by atoms with Crippen LogP contribution in [0.5, 0.6) is 5.75 Å². The van der Waals surface area contributed by atoms with Crippen LogP contribution in [0.25, 0.3) is 11.3 Å². The molecule has 28 heavy (non-hydrogen) atoms. The van der Waals surface area contributed by atoms with Crippen molar-refractivity contribution < 1.29 is 14.3 Å². The first-order valence-corrected chi connectivity index (χ1v) is 10.7. The number of benzene rings is 1. The van der Waals surface area contributed by atoms with Crippen molar-refractivity contribution in [3.05, 3.63) is 29.1 Å². The topological polar surface area (TPSA) is 71.5 Å². The number of rotatable bonds is 8. The maximum absolute atomic E-state index is 12.6. The maximum Gasteiger partial charge on any atom is 0.231 e. The highest BCUT2D eigenvalue weighted by molar-refractivity contribution is 7.16. The van der Waals surface area contributed by atoms with E-state index in [9.17, 15) is 9.59 Å². The molecule has 1 atom stereocenters. The largest absolute Gasteiger partial charge is 0.494 e. The van der Waals surface area contributed by atoms with Crippen molar-refractivity contribution in [3.8, 4) is 17.0 Å². The molecule has 0 saturated carbocycles. The van der Waals surface area contributed by atoms with Crippen molar-refractivity contribution in [2.24, 2.45) is 5.92 Å². The molecule has 1 aromatic heterocycles. The lowest BCUT2D eigenvalue weighted by molar-refractivity contribution is -0.128. The Balaban J connectivity index is 1.76. The van der Waals surface area contributed by atoms with Gasteiger partial charge in [-0.15, -0.1) is 11.3 Å². The fraction of sp³-hybridized carbons (Fsp3) is 0.476. The Morgan fingerprint density at radius 2 is 2.04 bits per heavy atom. The van der Waals surface area contributed by atoms with Crippen LogP contribution in [-0.2, 0) is 16.0 Å². The summed E-state index contributed by atoms with van der Waals surface area (Å²) in [4.78, 5) is 32.1. The van der Waals surface area contributed by atoms with Crippen LogP contribution in [0.2, 0.25) is 0 Å². The zero-order valence-corrected chi connectivity index (χ0v) is 17.5. The molecular formula is C21H27N3O3S. The van der Waals surface area contributed by atoms with Crippen LogP contribution < -0.4 is 10.1 Å². The van der Waals surface area contributed by atoms with E-state index in [-0.39, 0.29) is 24.2 Å². The van der Waals surface area contributed by atoms with Crippen LogP contribution in [0.4, 0.5) is 5.13 Å². The summed E-state index contributed by atoms with van der Waals surface area (Å²) in [5.74, 6) is 0.446. The van der Waals surface area contributed by atoms with Gasteiger partial charge in [-0.05, 0) is 44.5 Å². The highest BCUT2D eigenvalue weighted by atomic mass is 32.1. The molecule has 1 N–H and O–H groups in total. The lowest BCUT2D eigenvalue weighted by Crippen LogP contribution is -2.28. The Hall–Kier alpha value is -2.41. The first-order chi connectivity index (χ1) is 13.5. The third-order valence-electron chi connectivity index (χ3n) is 4.81. The molecule has 3 rings (SSSR count). The zero-order valence-electron chi connectivity index (χ0n) is 16.7. The van der Waals surface area contributed by atoms with E-state index in [1.54, 1.807) is 4.90 Å². The van der Waals surface area contributed by atoms with Gasteiger partial charge in [0.05, 0.1) is 18.2 Å². The Morgan fingerprint density at radius 3 is 2.64 bits per heavy atom. The van der Waals surface area contributed by atoms with Gasteiger partial charge in [-0.3, -0.25) is 9.59 Å². The Bertz CT molecular complexity index is 832. The molecule has 1 aromatic carbocycles. The average molecular weight is 402 g/mol. The number of likely N-dealkylation sites (tertiary alicyclic amines) is 1. The van der Waals surface area contributed by atoms with Crippen LogP contribution in [0.3, 0.4) is 0 Å². The van der Waals surface area contributed by atoms with Crippen molar-refractivity contribution in [1.29, 1.82) is 0 Å². The van der Waals surface area contributed by atoms with Gasteiger partial charge in [0, 0.05) is 30.0 Å². The van der Waals surface area contributed by atoms with Crippen LogP contribution in [0.15, 0.2) is 24.3 Å². The average Bonchev–Trinajstić information content (AvgIpc) is 3.26. The van der Waals surface area contributed by atoms with Crippen LogP contribution >= 0.6 is 11.3 Å². The van der Waals surface area contributed by atoms with E-state index in [2.05, 4.69) is 12.2 Å². The molecule has 1 aliphatic heterocycles. The number of aryl methyl sites for hydroxylation is 1. The molecule has 1 aliphatic rings. The summed E-state index contributed by atoms with van der Waals surface area (Å²) in [6.07, 6.45) is 2.18. The van der Waals surface area contributed by atoms with Crippen molar-refractivity contribution in [2.75, 3.05) is 25.0 Å². The normalized spacial score (nSPS) is 16.5. The maximum atomic E-state index is 12.6. The molecule has 0 bridgehead atoms. The smallest absolute Gasteiger partial charge is 0.231 e. The summed E-state index contributed by atoms with van der Waals surface area (Å²) in [6.45, 7) is 7.78. The highest BCUT2D eigenvalue weighted by Crippen LogP contribution is 2.33. The van der Waals surface area contributed by atoms with Gasteiger partial charge in [0.1, 0.15) is 5.75 Å². The van der Waals surface area contributed by atoms with E-state index in [0.717, 1.165) is 34.7 Å². The summed E-state index contributed by atoms with van der Waals surface area (Å²) >= 11 is 1.52. The Labute approximate surface area is 169 Å². The zero-order chi connectivity index (χ0) is 20.1. The number of nitrogens with one attached hydrogen (secondary N) is 1. The number of hydrogen-bond donors (Lipinski definition) is 1. The molecule has 0 spiro atoms. The summed E-state index contributed by atoms with van der Waals surface area (Å²) in [7, 11) is 0. The molecular weight excluding hydrogens is 374 g/mol. The molecule has 1 saturated heterocycles. The number of amides is 2. The van der Waals surface area contributed by atoms with E-state index >= 15 is 0 Å². The standard InChI is InChI=1S/C21H27N3O3S/c1-4-7-17-19(14-8-10-16(11-9-14)27-6-3)22-21(28-17)23-20(26)15-12-18(25)24(5-2)13-15/h8-11,15H,4-7,12-13H2,1-3H3,(H,22,23,26). The van der Waals surface area contributed by atoms with E-state index < -0.39 is 0 Å². The Kier molecular flexibility index (Phi) is 6.67. The first kappa shape index (κ1) is 20.3. The van der Waals surface area contributed by atoms with Crippen molar-refractivity contribution in [2.45, 2.75) is 40.0 Å². The summed E-state index contributed by atoms with van der Waals surface area (Å²) < 4.78 is 5.51. The number of hydrogen-bond acceptors (Lipinski definition) is 5. The van der Waals surface area contributed by atoms with Gasteiger partial charge < -0.3 is 15.0 Å². The quantitative estimate of drug-likeness (QED) is 0.727. The minimum atomic E-state index is -0.306. The number of ether oxygens (including phenoxy) is 1. The van der Waals surface area contributed by atoms with E-state index in [4.69, 9.17) is 9.72 Å². The molecule has 2 aromatic rings. The van der Waals surface area contributed by atoms with Crippen LogP contribution in [-0.4, -0.2) is 41.4 Å². The van der Waals surface area contributed by atoms with Crippen molar-refractivity contribution in [1.82, 2.24) is 9.88 Å². The molecule has 6 nitrogen and oxygen atoms in total. The van der Waals surface area contributed by atoms with Crippen LogP contribution in [0, 0.1) is 5.92 Å². The minimum absolute atomic E-state index is 0.0449. The monoisotopic (exact) mass is 401 g/mol.